The van der Waals surface area contributed by atoms with Gasteiger partial charge < -0.3 is 5.11 Å². The number of nitrogens with zero attached hydrogens (tertiary/aromatic N) is 1. The van der Waals surface area contributed by atoms with Crippen molar-refractivity contribution in [2.45, 2.75) is 26.4 Å². The molecule has 0 aromatic heterocycles. The molecule has 1 aromatic carbocycles. The van der Waals surface area contributed by atoms with Crippen LogP contribution in [0, 0.1) is 10.1 Å². The van der Waals surface area contributed by atoms with Crippen molar-refractivity contribution in [3.05, 3.63) is 39.4 Å². The van der Waals surface area contributed by atoms with Crippen molar-refractivity contribution < 1.29 is 10.0 Å². The molecule has 76 valence electrons. The largest absolute Gasteiger partial charge is 0.388 e. The highest BCUT2D eigenvalue weighted by Gasteiger charge is 2.17. The molecule has 4 nitrogen and oxygen atoms in total. The molecule has 0 spiro atoms. The van der Waals surface area contributed by atoms with Gasteiger partial charge in [-0.3, -0.25) is 10.1 Å². The third-order valence-corrected chi connectivity index (χ3v) is 2.15. The van der Waals surface area contributed by atoms with Gasteiger partial charge in [0.1, 0.15) is 0 Å². The minimum atomic E-state index is -0.804. The predicted molar refractivity (Wildman–Crippen MR) is 53.1 cm³/mol. The first-order valence-corrected chi connectivity index (χ1v) is 4.51. The topological polar surface area (TPSA) is 63.4 Å². The molecule has 0 aliphatic heterocycles. The number of hydrogen-bond acceptors (Lipinski definition) is 3. The van der Waals surface area contributed by atoms with Crippen molar-refractivity contribution >= 4 is 5.69 Å². The summed E-state index contributed by atoms with van der Waals surface area (Å²) >= 11 is 0. The number of aliphatic hydroxyl groups is 1. The molecular formula is C10H13NO3. The van der Waals surface area contributed by atoms with E-state index in [0.29, 0.717) is 5.56 Å². The number of hydrogen-bond donors (Lipinski definition) is 1. The third kappa shape index (κ3) is 2.09. The van der Waals surface area contributed by atoms with Gasteiger partial charge in [-0.05, 0) is 25.0 Å². The van der Waals surface area contributed by atoms with E-state index in [9.17, 15) is 15.2 Å². The Kier molecular flexibility index (Phi) is 3.19. The second-order valence-electron chi connectivity index (χ2n) is 3.18. The molecule has 0 saturated carbocycles. The first-order chi connectivity index (χ1) is 6.56. The molecule has 1 aromatic rings. The zero-order chi connectivity index (χ0) is 10.7. The number of aryl methyl sites for hydroxylation is 1. The second kappa shape index (κ2) is 4.19. The fourth-order valence-corrected chi connectivity index (χ4v) is 1.32. The summed E-state index contributed by atoms with van der Waals surface area (Å²) in [7, 11) is 0. The lowest BCUT2D eigenvalue weighted by Crippen LogP contribution is -2.00. The van der Waals surface area contributed by atoms with Gasteiger partial charge in [0.25, 0.3) is 5.69 Å². The highest BCUT2D eigenvalue weighted by Crippen LogP contribution is 2.26. The molecule has 1 N–H and O–H groups in total. The molecule has 1 rings (SSSR count). The van der Waals surface area contributed by atoms with Crippen LogP contribution < -0.4 is 0 Å². The molecule has 0 amide bonds. The fourth-order valence-electron chi connectivity index (χ4n) is 1.32. The molecular weight excluding hydrogens is 182 g/mol. The smallest absolute Gasteiger partial charge is 0.275 e. The van der Waals surface area contributed by atoms with Crippen LogP contribution in [0.3, 0.4) is 0 Å². The van der Waals surface area contributed by atoms with E-state index in [4.69, 9.17) is 0 Å². The van der Waals surface area contributed by atoms with Gasteiger partial charge in [-0.2, -0.15) is 0 Å². The van der Waals surface area contributed by atoms with E-state index < -0.39 is 11.0 Å². The lowest BCUT2D eigenvalue weighted by atomic mass is 10.0. The quantitative estimate of drug-likeness (QED) is 0.594. The Morgan fingerprint density at radius 2 is 2.21 bits per heavy atom. The summed E-state index contributed by atoms with van der Waals surface area (Å²) in [5.74, 6) is 0. The highest BCUT2D eigenvalue weighted by molar-refractivity contribution is 5.44. The second-order valence-corrected chi connectivity index (χ2v) is 3.18. The molecule has 0 aliphatic rings. The van der Waals surface area contributed by atoms with Crippen molar-refractivity contribution in [2.75, 3.05) is 0 Å². The average Bonchev–Trinajstić information content (AvgIpc) is 2.16. The van der Waals surface area contributed by atoms with Gasteiger partial charge in [-0.15, -0.1) is 0 Å². The van der Waals surface area contributed by atoms with Gasteiger partial charge >= 0.3 is 0 Å². The van der Waals surface area contributed by atoms with Crippen molar-refractivity contribution in [2.24, 2.45) is 0 Å². The number of nitro groups is 1. The first-order valence-electron chi connectivity index (χ1n) is 4.51. The number of nitro benzene ring substituents is 1. The number of rotatable bonds is 3. The highest BCUT2D eigenvalue weighted by atomic mass is 16.6. The van der Waals surface area contributed by atoms with E-state index >= 15 is 0 Å². The molecule has 14 heavy (non-hydrogen) atoms. The van der Waals surface area contributed by atoms with Crippen LogP contribution in [0.5, 0.6) is 0 Å². The van der Waals surface area contributed by atoms with Gasteiger partial charge in [-0.25, -0.2) is 0 Å². The van der Waals surface area contributed by atoms with Gasteiger partial charge in [-0.1, -0.05) is 13.0 Å². The van der Waals surface area contributed by atoms with E-state index in [2.05, 4.69) is 0 Å². The Bertz CT molecular complexity index is 347. The Balaban J connectivity index is 3.24. The Labute approximate surface area is 82.3 Å². The Morgan fingerprint density at radius 3 is 2.64 bits per heavy atom. The summed E-state index contributed by atoms with van der Waals surface area (Å²) < 4.78 is 0. The molecule has 4 heteroatoms. The lowest BCUT2D eigenvalue weighted by molar-refractivity contribution is -0.386. The van der Waals surface area contributed by atoms with Crippen LogP contribution in [-0.4, -0.2) is 10.0 Å². The van der Waals surface area contributed by atoms with Crippen LogP contribution in [-0.2, 0) is 6.42 Å². The van der Waals surface area contributed by atoms with E-state index in [0.717, 1.165) is 12.0 Å². The first kappa shape index (κ1) is 10.7. The molecule has 0 heterocycles. The molecule has 1 unspecified atom stereocenters. The van der Waals surface area contributed by atoms with E-state index in [1.54, 1.807) is 12.1 Å². The number of benzene rings is 1. The van der Waals surface area contributed by atoms with Crippen LogP contribution in [0.4, 0.5) is 5.69 Å². The third-order valence-electron chi connectivity index (χ3n) is 2.15. The monoisotopic (exact) mass is 195 g/mol. The summed E-state index contributed by atoms with van der Waals surface area (Å²) in [4.78, 5) is 10.1. The van der Waals surface area contributed by atoms with Gasteiger partial charge in [0.15, 0.2) is 0 Å². The number of aliphatic hydroxyl groups excluding tert-OH is 1. The lowest BCUT2D eigenvalue weighted by Gasteiger charge is -2.07. The van der Waals surface area contributed by atoms with E-state index in [-0.39, 0.29) is 5.69 Å². The summed E-state index contributed by atoms with van der Waals surface area (Å²) in [5.41, 5.74) is 1.36. The van der Waals surface area contributed by atoms with Crippen LogP contribution in [0.2, 0.25) is 0 Å². The molecule has 1 atom stereocenters. The summed E-state index contributed by atoms with van der Waals surface area (Å²) in [6, 6.07) is 4.84. The van der Waals surface area contributed by atoms with Crippen LogP contribution in [0.1, 0.15) is 31.1 Å². The minimum absolute atomic E-state index is 0.0165. The summed E-state index contributed by atoms with van der Waals surface area (Å²) in [6.07, 6.45) is -0.000508. The molecule has 0 radical (unpaired) electrons. The molecule has 0 bridgehead atoms. The van der Waals surface area contributed by atoms with Crippen LogP contribution in [0.15, 0.2) is 18.2 Å². The molecule has 0 fully saturated rings. The fraction of sp³-hybridized carbons (Fsp3) is 0.400. The Hall–Kier alpha value is -1.42. The molecule has 0 saturated heterocycles. The van der Waals surface area contributed by atoms with Gasteiger partial charge in [0.2, 0.25) is 0 Å². The normalized spacial score (nSPS) is 12.5. The zero-order valence-corrected chi connectivity index (χ0v) is 8.23. The minimum Gasteiger partial charge on any atom is -0.388 e. The van der Waals surface area contributed by atoms with Crippen LogP contribution >= 0.6 is 0 Å². The van der Waals surface area contributed by atoms with Crippen molar-refractivity contribution in [1.82, 2.24) is 0 Å². The maximum Gasteiger partial charge on any atom is 0.275 e. The SMILES string of the molecule is CCc1ccc([N+](=O)[O-])c(C(C)O)c1. The van der Waals surface area contributed by atoms with E-state index in [1.165, 1.54) is 13.0 Å². The zero-order valence-electron chi connectivity index (χ0n) is 8.23. The van der Waals surface area contributed by atoms with Gasteiger partial charge in [0, 0.05) is 6.07 Å². The van der Waals surface area contributed by atoms with Crippen molar-refractivity contribution in [3.8, 4) is 0 Å². The maximum atomic E-state index is 10.6. The molecule has 0 aliphatic carbocycles. The van der Waals surface area contributed by atoms with Crippen LogP contribution in [0.25, 0.3) is 0 Å². The van der Waals surface area contributed by atoms with Crippen molar-refractivity contribution in [3.63, 3.8) is 0 Å². The Morgan fingerprint density at radius 1 is 1.57 bits per heavy atom. The summed E-state index contributed by atoms with van der Waals surface area (Å²) in [5, 5.41) is 20.0. The van der Waals surface area contributed by atoms with Crippen molar-refractivity contribution in [1.29, 1.82) is 0 Å². The summed E-state index contributed by atoms with van der Waals surface area (Å²) in [6.45, 7) is 3.49. The predicted octanol–water partition coefficient (Wildman–Crippen LogP) is 2.21. The standard InChI is InChI=1S/C10H13NO3/c1-3-8-4-5-10(11(13)14)9(6-8)7(2)12/h4-7,12H,3H2,1-2H3. The van der Waals surface area contributed by atoms with Gasteiger partial charge in [0.05, 0.1) is 16.6 Å². The maximum absolute atomic E-state index is 10.6. The van der Waals surface area contributed by atoms with E-state index in [1.807, 2.05) is 6.92 Å². The average molecular weight is 195 g/mol.